The highest BCUT2D eigenvalue weighted by atomic mass is 31.2. The number of anilines is 6. The molecule has 12 rings (SSSR count). The average molecular weight is 1680 g/mol. The molecule has 10 aromatic rings. The van der Waals surface area contributed by atoms with Crippen LogP contribution in [0.3, 0.4) is 0 Å². The van der Waals surface area contributed by atoms with E-state index in [0.717, 1.165) is 6.66 Å². The van der Waals surface area contributed by atoms with Crippen LogP contribution in [0.15, 0.2) is 84.7 Å². The van der Waals surface area contributed by atoms with E-state index in [-0.39, 0.29) is 107 Å². The van der Waals surface area contributed by atoms with E-state index in [1.165, 1.54) is 85.8 Å². The summed E-state index contributed by atoms with van der Waals surface area (Å²) >= 11 is 0. The number of ether oxygens (including phenoxy) is 6. The summed E-state index contributed by atoms with van der Waals surface area (Å²) in [5.74, 6) is 1.56. The molecule has 610 valence electrons. The van der Waals surface area contributed by atoms with Crippen LogP contribution in [0, 0.1) is 0 Å². The van der Waals surface area contributed by atoms with E-state index in [1.54, 1.807) is 45.5 Å². The van der Waals surface area contributed by atoms with Gasteiger partial charge < -0.3 is 120 Å². The fraction of sp³-hybridized carbons (Fsp3) is 0.509. The smallest absolute Gasteiger partial charge is 0.349 e. The van der Waals surface area contributed by atoms with Gasteiger partial charge in [-0.25, -0.2) is 69.4 Å². The molecule has 0 aromatic carbocycles. The van der Waals surface area contributed by atoms with Crippen LogP contribution in [0.5, 0.6) is 0 Å². The number of rotatable bonds is 26. The number of hydrogen-bond acceptors (Lipinski definition) is 38. The maximum Gasteiger partial charge on any atom is 0.349 e. The van der Waals surface area contributed by atoms with E-state index in [4.69, 9.17) is 86.8 Å². The van der Waals surface area contributed by atoms with Crippen LogP contribution in [-0.4, -0.2) is 269 Å². The van der Waals surface area contributed by atoms with Gasteiger partial charge in [0.05, 0.1) is 115 Å². The Hall–Kier alpha value is -8.42. The number of aliphatic hydroxyl groups excluding tert-OH is 2. The molecule has 2 aliphatic rings. The van der Waals surface area contributed by atoms with Crippen molar-refractivity contribution in [3.8, 4) is 0 Å². The minimum absolute atomic E-state index is 0.0304. The van der Waals surface area contributed by atoms with Crippen molar-refractivity contribution < 1.29 is 94.6 Å². The van der Waals surface area contributed by atoms with Gasteiger partial charge in [-0.15, -0.1) is 0 Å². The van der Waals surface area contributed by atoms with E-state index in [9.17, 15) is 51.9 Å². The maximum absolute atomic E-state index is 11.6. The van der Waals surface area contributed by atoms with Crippen molar-refractivity contribution in [1.82, 2.24) is 97.2 Å². The molecule has 11 atom stereocenters. The lowest BCUT2D eigenvalue weighted by Gasteiger charge is -2.27. The first-order valence-electron chi connectivity index (χ1n) is 32.9. The Labute approximate surface area is 631 Å². The predicted molar refractivity (Wildman–Crippen MR) is 406 cm³/mol. The number of nitrogens with two attached hydrogens (primary N) is 6. The van der Waals surface area contributed by atoms with Crippen LogP contribution in [0.2, 0.25) is 0 Å². The molecule has 0 radical (unpaired) electrons. The Morgan fingerprint density at radius 1 is 0.486 bits per heavy atom. The van der Waals surface area contributed by atoms with E-state index in [1.807, 2.05) is 11.5 Å². The van der Waals surface area contributed by atoms with Gasteiger partial charge in [-0.3, -0.25) is 36.5 Å². The average Bonchev–Trinajstić information content (AvgIpc) is 1.70. The third-order valence-corrected chi connectivity index (χ3v) is 19.8. The first-order valence-corrected chi connectivity index (χ1v) is 46.5. The molecule has 0 aliphatic carbocycles. The second-order valence-electron chi connectivity index (χ2n) is 25.4. The van der Waals surface area contributed by atoms with Crippen LogP contribution >= 0.6 is 44.2 Å². The summed E-state index contributed by atoms with van der Waals surface area (Å²) in [7, 11) is -18.0. The van der Waals surface area contributed by atoms with Crippen LogP contribution in [0.25, 0.3) is 44.7 Å². The molecule has 48 nitrogen and oxygen atoms in total. The SMILES string of the molecule is CP(=O)(O)COCCn1cnc2c(N)ncnc21.CP(=O)(O)CO[C@H](CO)Cn1ccc(N)nc1=O.CP(=O)(O)CO[C@H](CO)Cn1cnc2c(N)ncnc21.CP1(=O)CO[C@@H](Cn2ccc(N)nc2=O)CO1.CP1(=O)CO[C@@H](Cn2cnc3c(N)ncnc32)CO1.C[C@H](Cn1cnc2c(N)ncnc21)OCP(C)(=O)O. The Morgan fingerprint density at radius 2 is 0.829 bits per heavy atom. The number of nitrogen functional groups attached to an aromatic ring is 6. The molecule has 111 heavy (non-hydrogen) atoms. The lowest BCUT2D eigenvalue weighted by Crippen LogP contribution is -2.34. The molecule has 2 fully saturated rings. The lowest BCUT2D eigenvalue weighted by atomic mass is 10.3. The molecule has 10 aromatic heterocycles. The standard InChI is InChI=1S/C10H16N5O4P.C10H14N5O3P.C10H16N5O3P.C9H14N5O3P.C9H16N3O5P.C9H14N3O4P/c1-20(17,18)6-19-7(3-16)2-15-5-14-8-9(11)12-4-13-10(8)15;1-19(16)6-17-7(3-18-19)2-15-5-14-8-9(11)12-4-13-10(8)15;1-7(18-6-19(2,16)17)3-15-5-14-8-9(11)12-4-13-10(8)15;1-18(15,16)6-17-3-2-14-5-13-7-8(10)11-4-12-9(7)14;1-18(15,16)6-17-7(5-13)4-12-3-2-8(10)11-9(12)14;1-17(14)6-15-7(5-16-17)4-12-3-2-8(10)11-9(12)13/h4-5,7,16H,2-3,6H2,1H3,(H,17,18)(H2,11,12,13);4-5,7H,2-3,6H2,1H3,(H2,11,12,13);4-5,7H,3,6H2,1-2H3,(H,16,17)(H2,11,12,13);4-5H,2-3,6H2,1H3,(H,15,16)(H2,10,11,12);2-3,7,13H,4-6H2,1H3,(H,15,16)(H2,10,11,14);2-3,7H,4-6H2,1H3,(H2,10,11,13)/t7-;7-,19?;7-;;7-;7-,17?/m001.00/s1. The zero-order chi connectivity index (χ0) is 81.7. The van der Waals surface area contributed by atoms with E-state index < -0.39 is 67.8 Å². The zero-order valence-corrected chi connectivity index (χ0v) is 66.5. The molecular formula is C57H90N26O22P6. The molecule has 0 spiro atoms. The molecule has 2 saturated heterocycles. The summed E-state index contributed by atoms with van der Waals surface area (Å²) in [6.07, 6.45) is 11.8. The van der Waals surface area contributed by atoms with Gasteiger partial charge in [0.25, 0.3) is 0 Å². The van der Waals surface area contributed by atoms with E-state index in [2.05, 4.69) is 69.8 Å². The number of fused-ring (bicyclic) bond motifs is 4. The number of hydrogen-bond donors (Lipinski definition) is 12. The van der Waals surface area contributed by atoms with Gasteiger partial charge in [-0.1, -0.05) is 0 Å². The maximum atomic E-state index is 11.6. The topological polar surface area (TPSA) is 698 Å². The quantitative estimate of drug-likeness (QED) is 0.0259. The van der Waals surface area contributed by atoms with Crippen molar-refractivity contribution in [2.45, 2.75) is 76.7 Å². The number of imidazole rings is 4. The van der Waals surface area contributed by atoms with Gasteiger partial charge >= 0.3 is 11.4 Å². The van der Waals surface area contributed by atoms with Crippen molar-refractivity contribution in [2.75, 3.05) is 146 Å². The predicted octanol–water partition coefficient (Wildman–Crippen LogP) is 0.454. The Balaban J connectivity index is 0.000000185. The highest BCUT2D eigenvalue weighted by Crippen LogP contribution is 2.47. The second kappa shape index (κ2) is 40.4. The van der Waals surface area contributed by atoms with Crippen molar-refractivity contribution in [1.29, 1.82) is 0 Å². The summed E-state index contributed by atoms with van der Waals surface area (Å²) in [6.45, 7) is 12.0. The van der Waals surface area contributed by atoms with Gasteiger partial charge in [-0.2, -0.15) is 9.97 Å². The van der Waals surface area contributed by atoms with E-state index >= 15 is 0 Å². The van der Waals surface area contributed by atoms with Crippen molar-refractivity contribution in [3.05, 3.63) is 96.1 Å². The van der Waals surface area contributed by atoms with Gasteiger partial charge in [0.2, 0.25) is 44.2 Å². The monoisotopic (exact) mass is 1680 g/mol. The van der Waals surface area contributed by atoms with Gasteiger partial charge in [-0.05, 0) is 19.1 Å². The first-order chi connectivity index (χ1) is 52.1. The first kappa shape index (κ1) is 89.8. The molecular weight excluding hydrogens is 1590 g/mol. The summed E-state index contributed by atoms with van der Waals surface area (Å²) < 4.78 is 119. The number of aromatic nitrogens is 20. The summed E-state index contributed by atoms with van der Waals surface area (Å²) in [5, 5.41) is 18.3. The van der Waals surface area contributed by atoms with Gasteiger partial charge in [0.15, 0.2) is 45.9 Å². The van der Waals surface area contributed by atoms with Crippen molar-refractivity contribution in [3.63, 3.8) is 0 Å². The fourth-order valence-electron chi connectivity index (χ4n) is 9.35. The molecule has 0 amide bonds. The third kappa shape index (κ3) is 29.9. The fourth-order valence-corrected chi connectivity index (χ4v) is 13.4. The van der Waals surface area contributed by atoms with Gasteiger partial charge in [0.1, 0.15) is 103 Å². The molecule has 0 bridgehead atoms. The summed E-state index contributed by atoms with van der Waals surface area (Å²) in [6, 6.07) is 2.97. The molecule has 6 unspecified atom stereocenters. The number of aliphatic hydroxyl groups is 2. The van der Waals surface area contributed by atoms with Crippen molar-refractivity contribution in [2.24, 2.45) is 0 Å². The minimum Gasteiger partial charge on any atom is -0.394 e. The Bertz CT molecular complexity index is 5120. The highest BCUT2D eigenvalue weighted by Gasteiger charge is 2.30. The summed E-state index contributed by atoms with van der Waals surface area (Å²) in [5.41, 5.74) is 37.0. The van der Waals surface area contributed by atoms with Gasteiger partial charge in [0, 0.05) is 58.9 Å². The highest BCUT2D eigenvalue weighted by molar-refractivity contribution is 7.58. The lowest BCUT2D eigenvalue weighted by molar-refractivity contribution is 0.00381. The Morgan fingerprint density at radius 3 is 1.21 bits per heavy atom. The largest absolute Gasteiger partial charge is 0.394 e. The second-order valence-corrected chi connectivity index (χ2v) is 40.0. The normalized spacial score (nSPS) is 19.9. The molecule has 18 N–H and O–H groups in total. The molecule has 12 heterocycles. The van der Waals surface area contributed by atoms with Crippen LogP contribution in [0.1, 0.15) is 6.92 Å². The summed E-state index contributed by atoms with van der Waals surface area (Å²) in [4.78, 5) is 115. The van der Waals surface area contributed by atoms with Crippen LogP contribution in [-0.2, 0) is 104 Å². The molecule has 0 saturated carbocycles. The van der Waals surface area contributed by atoms with E-state index in [0.29, 0.717) is 102 Å². The minimum atomic E-state index is -3.31. The van der Waals surface area contributed by atoms with Crippen LogP contribution < -0.4 is 45.8 Å². The zero-order valence-electron chi connectivity index (χ0n) is 61.1. The third-order valence-electron chi connectivity index (χ3n) is 14.6. The Kier molecular flexibility index (Phi) is 32.6. The molecule has 2 aliphatic heterocycles. The van der Waals surface area contributed by atoms with Crippen LogP contribution in [0.4, 0.5) is 34.9 Å². The molecule has 54 heteroatoms. The number of nitrogens with zero attached hydrogens (tertiary/aromatic N) is 20. The van der Waals surface area contributed by atoms with Crippen molar-refractivity contribution >= 4 is 124 Å².